The molecule has 5 nitrogen and oxygen atoms in total. The molecule has 0 radical (unpaired) electrons. The number of nitrogens with zero attached hydrogens (tertiary/aromatic N) is 3. The first-order valence-electron chi connectivity index (χ1n) is 9.88. The van der Waals surface area contributed by atoms with Gasteiger partial charge in [0.15, 0.2) is 5.13 Å². The molecule has 3 aromatic rings. The Bertz CT molecular complexity index is 1030. The third-order valence-corrected chi connectivity index (χ3v) is 6.91. The van der Waals surface area contributed by atoms with Gasteiger partial charge in [0.2, 0.25) is 0 Å². The zero-order valence-electron chi connectivity index (χ0n) is 16.7. The summed E-state index contributed by atoms with van der Waals surface area (Å²) in [6.07, 6.45) is 0. The van der Waals surface area contributed by atoms with Gasteiger partial charge in [-0.1, -0.05) is 45.0 Å². The Balaban J connectivity index is 1.26. The molecule has 29 heavy (non-hydrogen) atoms. The number of amides is 1. The van der Waals surface area contributed by atoms with Crippen LogP contribution in [0.15, 0.2) is 40.9 Å². The molecule has 1 aliphatic rings. The Morgan fingerprint density at radius 3 is 2.72 bits per heavy atom. The van der Waals surface area contributed by atoms with E-state index in [9.17, 15) is 4.79 Å². The number of fused-ring (bicyclic) bond motifs is 1. The van der Waals surface area contributed by atoms with Crippen LogP contribution in [0.3, 0.4) is 0 Å². The Hall–Kier alpha value is -1.96. The van der Waals surface area contributed by atoms with Crippen LogP contribution in [0.25, 0.3) is 10.2 Å². The Morgan fingerprint density at radius 1 is 1.14 bits per heavy atom. The van der Waals surface area contributed by atoms with Crippen LogP contribution in [0.5, 0.6) is 0 Å². The fourth-order valence-electron chi connectivity index (χ4n) is 3.59. The molecule has 4 rings (SSSR count). The largest absolute Gasteiger partial charge is 0.351 e. The maximum absolute atomic E-state index is 12.5. The number of nitrogens with one attached hydrogen (secondary N) is 1. The molecular formula is C22H25BrN4OS. The second-order valence-electron chi connectivity index (χ2n) is 7.51. The lowest BCUT2D eigenvalue weighted by Gasteiger charge is -2.34. The number of hydrogen-bond acceptors (Lipinski definition) is 5. The highest BCUT2D eigenvalue weighted by Crippen LogP contribution is 2.31. The minimum Gasteiger partial charge on any atom is -0.351 e. The highest BCUT2D eigenvalue weighted by Gasteiger charge is 2.20. The van der Waals surface area contributed by atoms with E-state index in [0.29, 0.717) is 6.54 Å². The maximum Gasteiger partial charge on any atom is 0.251 e. The summed E-state index contributed by atoms with van der Waals surface area (Å²) in [4.78, 5) is 22.0. The van der Waals surface area contributed by atoms with E-state index in [1.165, 1.54) is 4.70 Å². The lowest BCUT2D eigenvalue weighted by atomic mass is 10.1. The minimum atomic E-state index is 0.0190. The summed E-state index contributed by atoms with van der Waals surface area (Å²) >= 11 is 5.28. The Kier molecular flexibility index (Phi) is 6.18. The minimum absolute atomic E-state index is 0.0190. The summed E-state index contributed by atoms with van der Waals surface area (Å²) in [5, 5.41) is 4.17. The number of hydrogen-bond donors (Lipinski definition) is 1. The molecule has 0 saturated carbocycles. The predicted octanol–water partition coefficient (Wildman–Crippen LogP) is 4.23. The molecule has 0 aliphatic carbocycles. The van der Waals surface area contributed by atoms with Crippen LogP contribution in [0.1, 0.15) is 21.5 Å². The van der Waals surface area contributed by atoms with Gasteiger partial charge in [0.1, 0.15) is 0 Å². The van der Waals surface area contributed by atoms with Crippen molar-refractivity contribution < 1.29 is 4.79 Å². The first kappa shape index (κ1) is 20.3. The maximum atomic E-state index is 12.5. The molecule has 0 spiro atoms. The number of anilines is 1. The molecular weight excluding hydrogens is 448 g/mol. The van der Waals surface area contributed by atoms with Crippen molar-refractivity contribution in [2.75, 3.05) is 44.2 Å². The van der Waals surface area contributed by atoms with Crippen LogP contribution >= 0.6 is 27.3 Å². The molecule has 0 bridgehead atoms. The molecule has 1 saturated heterocycles. The number of carbonyl (C=O) groups is 1. The summed E-state index contributed by atoms with van der Waals surface area (Å²) in [5.74, 6) is 0.0190. The molecule has 2 heterocycles. The van der Waals surface area contributed by atoms with Crippen LogP contribution in [0.2, 0.25) is 0 Å². The number of thiazole rings is 1. The van der Waals surface area contributed by atoms with Crippen molar-refractivity contribution in [2.45, 2.75) is 13.8 Å². The third-order valence-electron chi connectivity index (χ3n) is 5.33. The van der Waals surface area contributed by atoms with Gasteiger partial charge in [-0.25, -0.2) is 4.98 Å². The van der Waals surface area contributed by atoms with Crippen LogP contribution in [-0.4, -0.2) is 55.1 Å². The van der Waals surface area contributed by atoms with Crippen LogP contribution in [0.4, 0.5) is 5.13 Å². The number of carbonyl (C=O) groups excluding carboxylic acids is 1. The molecule has 1 N–H and O–H groups in total. The summed E-state index contributed by atoms with van der Waals surface area (Å²) in [6, 6.07) is 12.2. The zero-order valence-corrected chi connectivity index (χ0v) is 19.1. The monoisotopic (exact) mass is 472 g/mol. The van der Waals surface area contributed by atoms with E-state index < -0.39 is 0 Å². The van der Waals surface area contributed by atoms with Crippen LogP contribution in [0, 0.1) is 13.8 Å². The SMILES string of the molecule is Cc1ccc(C)c(C(=O)NCCN2CCN(c3nc4ccc(Br)cc4s3)CC2)c1. The van der Waals surface area contributed by atoms with E-state index in [-0.39, 0.29) is 5.91 Å². The van der Waals surface area contributed by atoms with Crippen LogP contribution < -0.4 is 10.2 Å². The second-order valence-corrected chi connectivity index (χ2v) is 9.44. The quantitative estimate of drug-likeness (QED) is 0.603. The summed E-state index contributed by atoms with van der Waals surface area (Å²) in [6.45, 7) is 9.43. The van der Waals surface area contributed by atoms with Gasteiger partial charge < -0.3 is 10.2 Å². The molecule has 1 aliphatic heterocycles. The third kappa shape index (κ3) is 4.79. The Labute approximate surface area is 183 Å². The molecule has 0 atom stereocenters. The topological polar surface area (TPSA) is 48.5 Å². The molecule has 2 aromatic carbocycles. The molecule has 7 heteroatoms. The number of benzene rings is 2. The summed E-state index contributed by atoms with van der Waals surface area (Å²) in [7, 11) is 0. The molecule has 1 amide bonds. The average molecular weight is 473 g/mol. The lowest BCUT2D eigenvalue weighted by molar-refractivity contribution is 0.0947. The van der Waals surface area contributed by atoms with E-state index in [4.69, 9.17) is 4.98 Å². The van der Waals surface area contributed by atoms with Crippen molar-refractivity contribution in [3.05, 3.63) is 57.6 Å². The normalized spacial score (nSPS) is 15.1. The highest BCUT2D eigenvalue weighted by atomic mass is 79.9. The van der Waals surface area contributed by atoms with E-state index in [2.05, 4.69) is 43.2 Å². The number of rotatable bonds is 5. The van der Waals surface area contributed by atoms with Crippen molar-refractivity contribution in [1.82, 2.24) is 15.2 Å². The van der Waals surface area contributed by atoms with Crippen molar-refractivity contribution in [3.63, 3.8) is 0 Å². The standard InChI is InChI=1S/C22H25BrN4OS/c1-15-3-4-16(2)18(13-15)21(28)24-7-8-26-9-11-27(12-10-26)22-25-19-6-5-17(23)14-20(19)29-22/h3-6,13-14H,7-12H2,1-2H3,(H,24,28). The smallest absolute Gasteiger partial charge is 0.251 e. The van der Waals surface area contributed by atoms with Crippen molar-refractivity contribution in [1.29, 1.82) is 0 Å². The van der Waals surface area contributed by atoms with Crippen molar-refractivity contribution >= 4 is 48.5 Å². The van der Waals surface area contributed by atoms with Crippen molar-refractivity contribution in [3.8, 4) is 0 Å². The average Bonchev–Trinajstić information content (AvgIpc) is 3.13. The van der Waals surface area contributed by atoms with Gasteiger partial charge in [-0.05, 0) is 43.7 Å². The van der Waals surface area contributed by atoms with Gasteiger partial charge in [0, 0.05) is 49.3 Å². The van der Waals surface area contributed by atoms with Gasteiger partial charge in [0.05, 0.1) is 10.2 Å². The summed E-state index contributed by atoms with van der Waals surface area (Å²) < 4.78 is 2.30. The van der Waals surface area contributed by atoms with Crippen LogP contribution in [-0.2, 0) is 0 Å². The fourth-order valence-corrected chi connectivity index (χ4v) is 5.16. The van der Waals surface area contributed by atoms with Gasteiger partial charge in [0.25, 0.3) is 5.91 Å². The van der Waals surface area contributed by atoms with E-state index in [0.717, 1.165) is 64.5 Å². The lowest BCUT2D eigenvalue weighted by Crippen LogP contribution is -2.48. The molecule has 1 aromatic heterocycles. The number of aryl methyl sites for hydroxylation is 2. The van der Waals surface area contributed by atoms with E-state index in [1.807, 2.05) is 38.1 Å². The molecule has 152 valence electrons. The van der Waals surface area contributed by atoms with Gasteiger partial charge in [-0.3, -0.25) is 9.69 Å². The first-order valence-corrected chi connectivity index (χ1v) is 11.5. The fraction of sp³-hybridized carbons (Fsp3) is 0.364. The predicted molar refractivity (Wildman–Crippen MR) is 124 cm³/mol. The zero-order chi connectivity index (χ0) is 20.4. The van der Waals surface area contributed by atoms with Crippen molar-refractivity contribution in [2.24, 2.45) is 0 Å². The number of piperazine rings is 1. The van der Waals surface area contributed by atoms with Gasteiger partial charge in [-0.2, -0.15) is 0 Å². The number of halogens is 1. The number of aromatic nitrogens is 1. The molecule has 0 unspecified atom stereocenters. The van der Waals surface area contributed by atoms with Gasteiger partial charge >= 0.3 is 0 Å². The highest BCUT2D eigenvalue weighted by molar-refractivity contribution is 9.10. The second kappa shape index (κ2) is 8.81. The van der Waals surface area contributed by atoms with Gasteiger partial charge in [-0.15, -0.1) is 0 Å². The van der Waals surface area contributed by atoms with E-state index >= 15 is 0 Å². The van der Waals surface area contributed by atoms with E-state index in [1.54, 1.807) is 11.3 Å². The molecule has 1 fully saturated rings. The first-order chi connectivity index (χ1) is 14.0. The summed E-state index contributed by atoms with van der Waals surface area (Å²) in [5.41, 5.74) is 3.96. The Morgan fingerprint density at radius 2 is 1.93 bits per heavy atom.